The quantitative estimate of drug-likeness (QED) is 0.366. The number of benzene rings is 1. The third-order valence-corrected chi connectivity index (χ3v) is 11.1. The molecule has 0 bridgehead atoms. The van der Waals surface area contributed by atoms with Crippen LogP contribution in [-0.4, -0.2) is 85.1 Å². The number of rotatable bonds is 8. The number of aliphatic carboxylic acids is 1. The number of piperazine rings is 1. The molecule has 2 amide bonds. The molecule has 0 spiro atoms. The third kappa shape index (κ3) is 8.00. The zero-order valence-corrected chi connectivity index (χ0v) is 28.6. The molecule has 2 aromatic rings. The topological polar surface area (TPSA) is 149 Å². The number of halogens is 3. The van der Waals surface area contributed by atoms with Gasteiger partial charge in [-0.1, -0.05) is 11.6 Å². The maximum absolute atomic E-state index is 15.6. The summed E-state index contributed by atoms with van der Waals surface area (Å²) in [6.07, 6.45) is -0.00834. The minimum Gasteiger partial charge on any atom is -0.481 e. The van der Waals surface area contributed by atoms with Crippen LogP contribution < -0.4 is 15.1 Å². The van der Waals surface area contributed by atoms with E-state index < -0.39 is 51.5 Å². The maximum Gasteiger partial charge on any atom is 0.407 e. The van der Waals surface area contributed by atoms with Gasteiger partial charge in [-0.2, -0.15) is 4.31 Å². The smallest absolute Gasteiger partial charge is 0.407 e. The predicted octanol–water partition coefficient (Wildman–Crippen LogP) is 4.86. The Hall–Kier alpha value is -3.56. The number of amides is 2. The number of nitrogens with zero attached hydrogens (tertiary/aromatic N) is 4. The number of pyridine rings is 1. The van der Waals surface area contributed by atoms with E-state index in [1.165, 1.54) is 27.4 Å². The summed E-state index contributed by atoms with van der Waals surface area (Å²) in [7, 11) is -3.91. The summed E-state index contributed by atoms with van der Waals surface area (Å²) in [5.41, 5.74) is -0.485. The van der Waals surface area contributed by atoms with Crippen molar-refractivity contribution >= 4 is 51.1 Å². The maximum atomic E-state index is 15.6. The molecule has 1 atom stereocenters. The van der Waals surface area contributed by atoms with Crippen LogP contribution in [-0.2, 0) is 30.3 Å². The van der Waals surface area contributed by atoms with Crippen LogP contribution in [0.4, 0.5) is 25.1 Å². The largest absolute Gasteiger partial charge is 0.481 e. The lowest BCUT2D eigenvalue weighted by Crippen LogP contribution is -2.49. The molecule has 16 heteroatoms. The zero-order chi connectivity index (χ0) is 35.0. The number of anilines is 2. The fraction of sp³-hybridized carbons (Fsp3) is 0.562. The van der Waals surface area contributed by atoms with Crippen LogP contribution in [0.3, 0.4) is 0 Å². The van der Waals surface area contributed by atoms with Gasteiger partial charge in [0.05, 0.1) is 16.9 Å². The van der Waals surface area contributed by atoms with E-state index in [1.807, 2.05) is 0 Å². The summed E-state index contributed by atoms with van der Waals surface area (Å²) in [5, 5.41) is 11.8. The van der Waals surface area contributed by atoms with E-state index in [4.69, 9.17) is 16.3 Å². The van der Waals surface area contributed by atoms with Crippen LogP contribution in [0.25, 0.3) is 0 Å². The van der Waals surface area contributed by atoms with Gasteiger partial charge in [-0.3, -0.25) is 9.59 Å². The Kier molecular flexibility index (Phi) is 10.2. The Morgan fingerprint density at radius 2 is 1.65 bits per heavy atom. The molecule has 12 nitrogen and oxygen atoms in total. The molecule has 3 heterocycles. The number of ether oxygens (including phenoxy) is 1. The molecule has 1 aromatic heterocycles. The second-order valence-corrected chi connectivity index (χ2v) is 15.8. The van der Waals surface area contributed by atoms with Crippen LogP contribution in [0.5, 0.6) is 0 Å². The minimum atomic E-state index is -3.91. The van der Waals surface area contributed by atoms with Gasteiger partial charge in [0, 0.05) is 56.3 Å². The van der Waals surface area contributed by atoms with Gasteiger partial charge in [-0.25, -0.2) is 27.0 Å². The van der Waals surface area contributed by atoms with Crippen LogP contribution >= 0.6 is 11.6 Å². The van der Waals surface area contributed by atoms with Gasteiger partial charge < -0.3 is 25.0 Å². The summed E-state index contributed by atoms with van der Waals surface area (Å²) in [4.78, 5) is 43.5. The average Bonchev–Trinajstić information content (AvgIpc) is 3.39. The monoisotopic (exact) mass is 711 g/mol. The average molecular weight is 712 g/mol. The first kappa shape index (κ1) is 35.7. The van der Waals surface area contributed by atoms with Crippen LogP contribution in [0, 0.1) is 11.8 Å². The number of carbonyl (C=O) groups excluding carboxylic acids is 2. The summed E-state index contributed by atoms with van der Waals surface area (Å²) in [6.45, 7) is 5.96. The van der Waals surface area contributed by atoms with E-state index in [-0.39, 0.29) is 92.2 Å². The Morgan fingerprint density at radius 1 is 1.02 bits per heavy atom. The van der Waals surface area contributed by atoms with Gasteiger partial charge in [0.1, 0.15) is 16.6 Å². The van der Waals surface area contributed by atoms with Gasteiger partial charge in [0.25, 0.3) is 5.92 Å². The molecule has 2 N–H and O–H groups in total. The van der Waals surface area contributed by atoms with Crippen molar-refractivity contribution in [2.75, 3.05) is 42.5 Å². The van der Waals surface area contributed by atoms with Crippen molar-refractivity contribution < 1.29 is 41.4 Å². The summed E-state index contributed by atoms with van der Waals surface area (Å²) < 4.78 is 64.7. The number of hydrogen-bond donors (Lipinski definition) is 2. The van der Waals surface area contributed by atoms with Crippen molar-refractivity contribution in [3.8, 4) is 0 Å². The summed E-state index contributed by atoms with van der Waals surface area (Å²) in [5.74, 6) is -5.84. The highest BCUT2D eigenvalue weighted by Gasteiger charge is 2.44. The standard InChI is InChI=1S/C32H40ClF2N5O7S/c1-31(2,3)47-30(44)36-23-18-28(41)40(19-23)24-8-10-25(11-9-24)48(45,46)39-14-12-38(13-15-39)27-17-22(16-26(33)37-27)32(34,35)21-6-4-20(5-7-21)29(42)43/h8-11,16-17,20-21,23H,4-7,12-15,18-19H2,1-3H3,(H,36,44)(H,42,43)/t20-,21-,23-/m1/s1. The van der Waals surface area contributed by atoms with Crippen molar-refractivity contribution in [3.63, 3.8) is 0 Å². The van der Waals surface area contributed by atoms with E-state index in [0.29, 0.717) is 5.69 Å². The summed E-state index contributed by atoms with van der Waals surface area (Å²) >= 11 is 6.18. The van der Waals surface area contributed by atoms with E-state index in [2.05, 4.69) is 10.3 Å². The molecular weight excluding hydrogens is 672 g/mol. The molecule has 0 radical (unpaired) electrons. The number of hydrogen-bond acceptors (Lipinski definition) is 8. The van der Waals surface area contributed by atoms with Crippen LogP contribution in [0.2, 0.25) is 5.15 Å². The number of carboxylic acid groups (broad SMARTS) is 1. The lowest BCUT2D eigenvalue weighted by Gasteiger charge is -2.36. The van der Waals surface area contributed by atoms with E-state index in [9.17, 15) is 27.9 Å². The molecule has 3 aliphatic rings. The SMILES string of the molecule is CC(C)(C)OC(=O)N[C@@H]1CC(=O)N(c2ccc(S(=O)(=O)N3CCN(c4cc(C(F)(F)[C@H]5CC[C@H](C(=O)O)CC5)cc(Cl)n4)CC3)cc2)C1. The van der Waals surface area contributed by atoms with E-state index in [1.54, 1.807) is 37.8 Å². The Bertz CT molecular complexity index is 1640. The van der Waals surface area contributed by atoms with E-state index in [0.717, 1.165) is 6.07 Å². The molecule has 0 unspecified atom stereocenters. The highest BCUT2D eigenvalue weighted by atomic mass is 35.5. The van der Waals surface area contributed by atoms with Crippen molar-refractivity contribution in [1.29, 1.82) is 0 Å². The molecule has 1 aromatic carbocycles. The lowest BCUT2D eigenvalue weighted by atomic mass is 9.77. The number of sulfonamides is 1. The molecule has 3 fully saturated rings. The van der Waals surface area contributed by atoms with Crippen molar-refractivity contribution in [2.24, 2.45) is 11.8 Å². The Balaban J connectivity index is 1.20. The molecule has 2 saturated heterocycles. The predicted molar refractivity (Wildman–Crippen MR) is 174 cm³/mol. The normalized spacial score (nSPS) is 22.9. The Labute approximate surface area is 283 Å². The first-order chi connectivity index (χ1) is 22.4. The molecule has 1 aliphatic carbocycles. The molecule has 1 saturated carbocycles. The molecule has 48 heavy (non-hydrogen) atoms. The van der Waals surface area contributed by atoms with Gasteiger partial charge in [-0.05, 0) is 82.9 Å². The number of nitrogens with one attached hydrogen (secondary N) is 1. The first-order valence-electron chi connectivity index (χ1n) is 15.9. The lowest BCUT2D eigenvalue weighted by molar-refractivity contribution is -0.145. The second kappa shape index (κ2) is 13.7. The van der Waals surface area contributed by atoms with Crippen LogP contribution in [0.15, 0.2) is 41.3 Å². The molecular formula is C32H40ClF2N5O7S. The van der Waals surface area contributed by atoms with Crippen molar-refractivity contribution in [3.05, 3.63) is 47.1 Å². The highest BCUT2D eigenvalue weighted by Crippen LogP contribution is 2.46. The first-order valence-corrected chi connectivity index (χ1v) is 17.7. The summed E-state index contributed by atoms with van der Waals surface area (Å²) in [6, 6.07) is 7.90. The molecule has 262 valence electrons. The number of alkyl carbamates (subject to hydrolysis) is 1. The minimum absolute atomic E-state index is 0.0372. The number of alkyl halides is 2. The molecule has 2 aliphatic heterocycles. The Morgan fingerprint density at radius 3 is 2.23 bits per heavy atom. The zero-order valence-electron chi connectivity index (χ0n) is 27.0. The highest BCUT2D eigenvalue weighted by molar-refractivity contribution is 7.89. The fourth-order valence-electron chi connectivity index (χ4n) is 6.41. The number of carbonyl (C=O) groups is 3. The molecule has 5 rings (SSSR count). The number of aromatic nitrogens is 1. The van der Waals surface area contributed by atoms with Gasteiger partial charge in [0.2, 0.25) is 15.9 Å². The van der Waals surface area contributed by atoms with Gasteiger partial charge in [-0.15, -0.1) is 0 Å². The van der Waals surface area contributed by atoms with Crippen LogP contribution in [0.1, 0.15) is 58.4 Å². The third-order valence-electron chi connectivity index (χ3n) is 8.95. The van der Waals surface area contributed by atoms with E-state index >= 15 is 8.78 Å². The fourth-order valence-corrected chi connectivity index (χ4v) is 8.04. The number of carboxylic acids is 1. The van der Waals surface area contributed by atoms with Gasteiger partial charge in [0.15, 0.2) is 0 Å². The van der Waals surface area contributed by atoms with Crippen molar-refractivity contribution in [1.82, 2.24) is 14.6 Å². The second-order valence-electron chi connectivity index (χ2n) is 13.5. The van der Waals surface area contributed by atoms with Gasteiger partial charge >= 0.3 is 12.1 Å². The van der Waals surface area contributed by atoms with Crippen molar-refractivity contribution in [2.45, 2.75) is 75.3 Å².